The fraction of sp³-hybridized carbons (Fsp3) is 0.188. The third kappa shape index (κ3) is 2.06. The van der Waals surface area contributed by atoms with E-state index in [1.54, 1.807) is 0 Å². The van der Waals surface area contributed by atoms with Gasteiger partial charge in [-0.05, 0) is 43.0 Å². The van der Waals surface area contributed by atoms with Crippen LogP contribution in [-0.4, -0.2) is 4.98 Å². The molecule has 90 valence electrons. The lowest BCUT2D eigenvalue weighted by molar-refractivity contribution is 1.04. The van der Waals surface area contributed by atoms with Crippen LogP contribution in [-0.2, 0) is 0 Å². The van der Waals surface area contributed by atoms with Crippen LogP contribution in [0, 0.1) is 6.92 Å². The van der Waals surface area contributed by atoms with E-state index in [1.807, 2.05) is 12.1 Å². The third-order valence-electron chi connectivity index (χ3n) is 3.21. The number of fused-ring (bicyclic) bond motifs is 1. The minimum atomic E-state index is 0.773. The van der Waals surface area contributed by atoms with Crippen LogP contribution < -0.4 is 0 Å². The summed E-state index contributed by atoms with van der Waals surface area (Å²) >= 11 is 6.34. The van der Waals surface area contributed by atoms with E-state index in [0.29, 0.717) is 0 Å². The number of allylic oxidation sites excluding steroid dienone is 4. The van der Waals surface area contributed by atoms with E-state index in [0.717, 1.165) is 34.5 Å². The third-order valence-corrected chi connectivity index (χ3v) is 3.52. The van der Waals surface area contributed by atoms with Crippen LogP contribution in [0.25, 0.3) is 16.5 Å². The summed E-state index contributed by atoms with van der Waals surface area (Å²) in [5, 5.41) is 1.79. The van der Waals surface area contributed by atoms with Crippen molar-refractivity contribution in [3.05, 3.63) is 58.8 Å². The molecule has 0 atom stereocenters. The Morgan fingerprint density at radius 2 is 2.06 bits per heavy atom. The Labute approximate surface area is 112 Å². The van der Waals surface area contributed by atoms with E-state index < -0.39 is 0 Å². The zero-order valence-corrected chi connectivity index (χ0v) is 11.0. The molecule has 1 aromatic carbocycles. The molecule has 1 heterocycles. The van der Waals surface area contributed by atoms with Crippen LogP contribution in [0.2, 0.25) is 5.02 Å². The van der Waals surface area contributed by atoms with Crippen LogP contribution >= 0.6 is 11.6 Å². The minimum Gasteiger partial charge on any atom is -0.248 e. The molecule has 3 rings (SSSR count). The van der Waals surface area contributed by atoms with Gasteiger partial charge in [-0.3, -0.25) is 0 Å². The summed E-state index contributed by atoms with van der Waals surface area (Å²) in [6.07, 6.45) is 8.73. The van der Waals surface area contributed by atoms with E-state index in [-0.39, 0.29) is 0 Å². The maximum atomic E-state index is 6.34. The lowest BCUT2D eigenvalue weighted by Gasteiger charge is -2.09. The second kappa shape index (κ2) is 4.58. The number of benzene rings is 1. The molecule has 0 saturated heterocycles. The number of aryl methyl sites for hydroxylation is 1. The predicted molar refractivity (Wildman–Crippen MR) is 77.8 cm³/mol. The van der Waals surface area contributed by atoms with Crippen molar-refractivity contribution < 1.29 is 0 Å². The number of aromatic nitrogens is 1. The minimum absolute atomic E-state index is 0.773. The Kier molecular flexibility index (Phi) is 2.92. The number of hydrogen-bond donors (Lipinski definition) is 0. The van der Waals surface area contributed by atoms with Gasteiger partial charge in [0.15, 0.2) is 0 Å². The topological polar surface area (TPSA) is 12.9 Å². The number of rotatable bonds is 1. The van der Waals surface area contributed by atoms with Crippen LogP contribution in [0.15, 0.2) is 42.5 Å². The van der Waals surface area contributed by atoms with Crippen LogP contribution in [0.3, 0.4) is 0 Å². The highest BCUT2D eigenvalue weighted by molar-refractivity contribution is 6.35. The summed E-state index contributed by atoms with van der Waals surface area (Å²) in [4.78, 5) is 4.72. The van der Waals surface area contributed by atoms with Gasteiger partial charge in [0.1, 0.15) is 0 Å². The molecule has 0 amide bonds. The van der Waals surface area contributed by atoms with Crippen LogP contribution in [0.1, 0.15) is 24.1 Å². The second-order valence-electron chi connectivity index (χ2n) is 4.65. The summed E-state index contributed by atoms with van der Waals surface area (Å²) in [7, 11) is 0. The number of pyridine rings is 1. The Morgan fingerprint density at radius 1 is 1.17 bits per heavy atom. The maximum absolute atomic E-state index is 6.34. The Balaban J connectivity index is 2.20. The number of halogens is 1. The molecular formula is C16H14ClN. The molecule has 18 heavy (non-hydrogen) atoms. The fourth-order valence-corrected chi connectivity index (χ4v) is 2.51. The Morgan fingerprint density at radius 3 is 2.83 bits per heavy atom. The van der Waals surface area contributed by atoms with Gasteiger partial charge in [-0.2, -0.15) is 0 Å². The normalized spacial score (nSPS) is 14.9. The first-order valence-corrected chi connectivity index (χ1v) is 6.56. The molecule has 2 heteroatoms. The van der Waals surface area contributed by atoms with Crippen molar-refractivity contribution in [2.75, 3.05) is 0 Å². The van der Waals surface area contributed by atoms with Crippen molar-refractivity contribution in [2.24, 2.45) is 0 Å². The SMILES string of the molecule is Cc1ccc2c(Cl)cc(C3=CCCC=C3)nc2c1. The second-order valence-corrected chi connectivity index (χ2v) is 5.06. The first-order chi connectivity index (χ1) is 8.74. The van der Waals surface area contributed by atoms with Crippen molar-refractivity contribution >= 4 is 28.1 Å². The van der Waals surface area contributed by atoms with E-state index in [9.17, 15) is 0 Å². The molecule has 0 fully saturated rings. The lowest BCUT2D eigenvalue weighted by Crippen LogP contribution is -1.92. The molecule has 0 unspecified atom stereocenters. The quantitative estimate of drug-likeness (QED) is 0.704. The highest BCUT2D eigenvalue weighted by Gasteiger charge is 2.08. The van der Waals surface area contributed by atoms with Crippen molar-refractivity contribution in [3.8, 4) is 0 Å². The van der Waals surface area contributed by atoms with Crippen molar-refractivity contribution in [3.63, 3.8) is 0 Å². The molecule has 1 aliphatic rings. The van der Waals surface area contributed by atoms with Crippen LogP contribution in [0.4, 0.5) is 0 Å². The van der Waals surface area contributed by atoms with Gasteiger partial charge in [0, 0.05) is 5.39 Å². The zero-order chi connectivity index (χ0) is 12.5. The van der Waals surface area contributed by atoms with Gasteiger partial charge in [0.05, 0.1) is 16.2 Å². The van der Waals surface area contributed by atoms with Crippen LogP contribution in [0.5, 0.6) is 0 Å². The van der Waals surface area contributed by atoms with Gasteiger partial charge in [-0.15, -0.1) is 0 Å². The Hall–Kier alpha value is -1.60. The number of hydrogen-bond acceptors (Lipinski definition) is 1. The molecule has 2 aromatic rings. The molecule has 0 radical (unpaired) electrons. The molecule has 0 saturated carbocycles. The maximum Gasteiger partial charge on any atom is 0.0727 e. The van der Waals surface area contributed by atoms with Crippen molar-refractivity contribution in [2.45, 2.75) is 19.8 Å². The largest absolute Gasteiger partial charge is 0.248 e. The smallest absolute Gasteiger partial charge is 0.0727 e. The first-order valence-electron chi connectivity index (χ1n) is 6.18. The van der Waals surface area contributed by atoms with E-state index in [1.165, 1.54) is 11.1 Å². The summed E-state index contributed by atoms with van der Waals surface area (Å²) in [5.74, 6) is 0. The zero-order valence-electron chi connectivity index (χ0n) is 10.3. The van der Waals surface area contributed by atoms with E-state index in [2.05, 4.69) is 37.3 Å². The summed E-state index contributed by atoms with van der Waals surface area (Å²) in [6.45, 7) is 2.07. The monoisotopic (exact) mass is 255 g/mol. The lowest BCUT2D eigenvalue weighted by atomic mass is 10.0. The Bertz CT molecular complexity index is 668. The standard InChI is InChI=1S/C16H14ClN/c1-11-7-8-13-14(17)10-15(18-16(13)9-11)12-5-3-2-4-6-12/h3,5-10H,2,4H2,1H3. The highest BCUT2D eigenvalue weighted by Crippen LogP contribution is 2.28. The van der Waals surface area contributed by atoms with Gasteiger partial charge in [-0.1, -0.05) is 42.0 Å². The summed E-state index contributed by atoms with van der Waals surface area (Å²) in [5.41, 5.74) is 4.31. The van der Waals surface area contributed by atoms with E-state index in [4.69, 9.17) is 16.6 Å². The van der Waals surface area contributed by atoms with Gasteiger partial charge in [-0.25, -0.2) is 4.98 Å². The van der Waals surface area contributed by atoms with Crippen molar-refractivity contribution in [1.29, 1.82) is 0 Å². The average Bonchev–Trinajstić information content (AvgIpc) is 2.39. The highest BCUT2D eigenvalue weighted by atomic mass is 35.5. The fourth-order valence-electron chi connectivity index (χ4n) is 2.25. The molecule has 0 bridgehead atoms. The predicted octanol–water partition coefficient (Wildman–Crippen LogP) is 4.93. The molecule has 0 spiro atoms. The van der Waals surface area contributed by atoms with Gasteiger partial charge >= 0.3 is 0 Å². The molecule has 1 aromatic heterocycles. The van der Waals surface area contributed by atoms with E-state index >= 15 is 0 Å². The summed E-state index contributed by atoms with van der Waals surface area (Å²) in [6, 6.07) is 8.14. The molecular weight excluding hydrogens is 242 g/mol. The van der Waals surface area contributed by atoms with Gasteiger partial charge in [0.2, 0.25) is 0 Å². The first kappa shape index (κ1) is 11.5. The molecule has 0 aliphatic heterocycles. The molecule has 0 N–H and O–H groups in total. The van der Waals surface area contributed by atoms with Gasteiger partial charge in [0.25, 0.3) is 0 Å². The molecule has 1 aliphatic carbocycles. The van der Waals surface area contributed by atoms with Crippen molar-refractivity contribution in [1.82, 2.24) is 4.98 Å². The molecule has 1 nitrogen and oxygen atoms in total. The number of nitrogens with zero attached hydrogens (tertiary/aromatic N) is 1. The average molecular weight is 256 g/mol. The van der Waals surface area contributed by atoms with Gasteiger partial charge < -0.3 is 0 Å². The summed E-state index contributed by atoms with van der Waals surface area (Å²) < 4.78 is 0.